The summed E-state index contributed by atoms with van der Waals surface area (Å²) in [7, 11) is 0. The Morgan fingerprint density at radius 2 is 2.09 bits per heavy atom. The molecule has 23 heavy (non-hydrogen) atoms. The van der Waals surface area contributed by atoms with Crippen LogP contribution >= 0.6 is 11.8 Å². The van der Waals surface area contributed by atoms with Crippen molar-refractivity contribution in [2.24, 2.45) is 0 Å². The van der Waals surface area contributed by atoms with E-state index in [1.54, 1.807) is 6.07 Å². The summed E-state index contributed by atoms with van der Waals surface area (Å²) in [6, 6.07) is 5.42. The number of carbonyl (C=O) groups is 3. The van der Waals surface area contributed by atoms with E-state index in [-0.39, 0.29) is 29.0 Å². The second-order valence-corrected chi connectivity index (χ2v) is 6.49. The number of carboxylic acid groups (broad SMARTS) is 1. The van der Waals surface area contributed by atoms with Gasteiger partial charge in [-0.05, 0) is 31.5 Å². The van der Waals surface area contributed by atoms with Crippen molar-refractivity contribution in [3.05, 3.63) is 35.4 Å². The molecule has 2 amide bonds. The Morgan fingerprint density at radius 1 is 1.39 bits per heavy atom. The van der Waals surface area contributed by atoms with E-state index in [9.17, 15) is 14.4 Å². The molecule has 1 aliphatic heterocycles. The van der Waals surface area contributed by atoms with Crippen molar-refractivity contribution in [1.82, 2.24) is 10.2 Å². The number of nitrogens with zero attached hydrogens (tertiary/aromatic N) is 1. The standard InChI is InChI=1S/C16H20N2O4S/c1-3-10(2)17-14(19)13-8-23-9-18(13)15(20)11-5-4-6-12(7-11)16(21)22/h4-7,10,13H,3,8-9H2,1-2H3,(H,17,19)(H,21,22). The summed E-state index contributed by atoms with van der Waals surface area (Å²) < 4.78 is 0. The molecule has 2 atom stereocenters. The van der Waals surface area contributed by atoms with Crippen molar-refractivity contribution in [2.75, 3.05) is 11.6 Å². The van der Waals surface area contributed by atoms with Crippen molar-refractivity contribution in [1.29, 1.82) is 0 Å². The van der Waals surface area contributed by atoms with Gasteiger partial charge in [0.1, 0.15) is 6.04 Å². The molecule has 0 aromatic heterocycles. The molecule has 2 N–H and O–H groups in total. The zero-order chi connectivity index (χ0) is 17.0. The van der Waals surface area contributed by atoms with Crippen molar-refractivity contribution in [3.63, 3.8) is 0 Å². The van der Waals surface area contributed by atoms with Crippen molar-refractivity contribution >= 4 is 29.5 Å². The smallest absolute Gasteiger partial charge is 0.335 e. The Hall–Kier alpha value is -2.02. The fourth-order valence-corrected chi connectivity index (χ4v) is 3.41. The molecule has 6 nitrogen and oxygen atoms in total. The monoisotopic (exact) mass is 336 g/mol. The molecule has 1 aromatic rings. The quantitative estimate of drug-likeness (QED) is 0.856. The van der Waals surface area contributed by atoms with Crippen LogP contribution in [0.4, 0.5) is 0 Å². The number of benzene rings is 1. The van der Waals surface area contributed by atoms with Crippen LogP contribution in [0, 0.1) is 0 Å². The summed E-state index contributed by atoms with van der Waals surface area (Å²) in [4.78, 5) is 37.5. The molecule has 0 bridgehead atoms. The Balaban J connectivity index is 2.16. The predicted octanol–water partition coefficient (Wildman–Crippen LogP) is 1.81. The molecule has 1 aromatic carbocycles. The van der Waals surface area contributed by atoms with Gasteiger partial charge in [-0.2, -0.15) is 0 Å². The molecule has 2 unspecified atom stereocenters. The van der Waals surface area contributed by atoms with E-state index in [0.29, 0.717) is 11.6 Å². The molecular formula is C16H20N2O4S. The van der Waals surface area contributed by atoms with Crippen LogP contribution in [0.3, 0.4) is 0 Å². The second-order valence-electron chi connectivity index (χ2n) is 5.49. The van der Waals surface area contributed by atoms with Gasteiger partial charge in [0, 0.05) is 17.4 Å². The minimum atomic E-state index is -1.08. The number of carbonyl (C=O) groups excluding carboxylic acids is 2. The normalized spacial score (nSPS) is 18.5. The van der Waals surface area contributed by atoms with Gasteiger partial charge < -0.3 is 15.3 Å². The molecule has 0 saturated carbocycles. The average Bonchev–Trinajstić information content (AvgIpc) is 3.03. The highest BCUT2D eigenvalue weighted by Gasteiger charge is 2.35. The lowest BCUT2D eigenvalue weighted by Crippen LogP contribution is -2.49. The van der Waals surface area contributed by atoms with E-state index in [0.717, 1.165) is 6.42 Å². The number of aromatic carboxylic acids is 1. The molecule has 1 saturated heterocycles. The fraction of sp³-hybridized carbons (Fsp3) is 0.438. The van der Waals surface area contributed by atoms with E-state index in [1.165, 1.54) is 34.9 Å². The maximum atomic E-state index is 12.6. The maximum absolute atomic E-state index is 12.6. The lowest BCUT2D eigenvalue weighted by molar-refractivity contribution is -0.125. The minimum Gasteiger partial charge on any atom is -0.478 e. The molecule has 2 rings (SSSR count). The second kappa shape index (κ2) is 7.50. The van der Waals surface area contributed by atoms with Crippen LogP contribution in [-0.2, 0) is 4.79 Å². The van der Waals surface area contributed by atoms with Gasteiger partial charge in [0.05, 0.1) is 11.4 Å². The highest BCUT2D eigenvalue weighted by atomic mass is 32.2. The number of thioether (sulfide) groups is 1. The Morgan fingerprint density at radius 3 is 2.74 bits per heavy atom. The first-order valence-corrected chi connectivity index (χ1v) is 8.62. The number of rotatable bonds is 5. The molecule has 0 spiro atoms. The van der Waals surface area contributed by atoms with Crippen molar-refractivity contribution in [3.8, 4) is 0 Å². The van der Waals surface area contributed by atoms with Crippen molar-refractivity contribution in [2.45, 2.75) is 32.4 Å². The molecule has 1 heterocycles. The minimum absolute atomic E-state index is 0.0559. The Labute approximate surface area is 139 Å². The number of hydrogen-bond donors (Lipinski definition) is 2. The molecule has 7 heteroatoms. The van der Waals surface area contributed by atoms with Crippen LogP contribution in [0.5, 0.6) is 0 Å². The van der Waals surface area contributed by atoms with Gasteiger partial charge in [-0.25, -0.2) is 4.79 Å². The van der Waals surface area contributed by atoms with Gasteiger partial charge in [0.15, 0.2) is 0 Å². The summed E-state index contributed by atoms with van der Waals surface area (Å²) in [5.74, 6) is -0.586. The molecule has 0 aliphatic carbocycles. The van der Waals surface area contributed by atoms with E-state index >= 15 is 0 Å². The summed E-state index contributed by atoms with van der Waals surface area (Å²) in [5.41, 5.74) is 0.344. The number of hydrogen-bond acceptors (Lipinski definition) is 4. The van der Waals surface area contributed by atoms with Gasteiger partial charge in [-0.1, -0.05) is 13.0 Å². The third kappa shape index (κ3) is 4.04. The van der Waals surface area contributed by atoms with Crippen LogP contribution in [0.1, 0.15) is 41.0 Å². The molecular weight excluding hydrogens is 316 g/mol. The highest BCUT2D eigenvalue weighted by Crippen LogP contribution is 2.24. The molecule has 1 fully saturated rings. The Bertz CT molecular complexity index is 620. The largest absolute Gasteiger partial charge is 0.478 e. The van der Waals surface area contributed by atoms with Gasteiger partial charge in [0.2, 0.25) is 5.91 Å². The number of nitrogens with one attached hydrogen (secondary N) is 1. The van der Waals surface area contributed by atoms with Crippen LogP contribution in [0.15, 0.2) is 24.3 Å². The predicted molar refractivity (Wildman–Crippen MR) is 88.6 cm³/mol. The van der Waals surface area contributed by atoms with E-state index in [2.05, 4.69) is 5.32 Å². The average molecular weight is 336 g/mol. The third-order valence-electron chi connectivity index (χ3n) is 3.80. The van der Waals surface area contributed by atoms with Crippen LogP contribution in [0.2, 0.25) is 0 Å². The SMILES string of the molecule is CCC(C)NC(=O)C1CSCN1C(=O)c1cccc(C(=O)O)c1. The first-order chi connectivity index (χ1) is 10.9. The number of amides is 2. The first kappa shape index (κ1) is 17.3. The lowest BCUT2D eigenvalue weighted by atomic mass is 10.1. The van der Waals surface area contributed by atoms with Gasteiger partial charge in [-0.3, -0.25) is 9.59 Å². The molecule has 0 radical (unpaired) electrons. The lowest BCUT2D eigenvalue weighted by Gasteiger charge is -2.24. The zero-order valence-electron chi connectivity index (χ0n) is 13.1. The summed E-state index contributed by atoms with van der Waals surface area (Å²) in [6.07, 6.45) is 0.820. The van der Waals surface area contributed by atoms with E-state index in [1.807, 2.05) is 13.8 Å². The zero-order valence-corrected chi connectivity index (χ0v) is 13.9. The third-order valence-corrected chi connectivity index (χ3v) is 4.82. The number of carboxylic acids is 1. The first-order valence-electron chi connectivity index (χ1n) is 7.46. The van der Waals surface area contributed by atoms with Crippen LogP contribution < -0.4 is 5.32 Å². The van der Waals surface area contributed by atoms with Gasteiger partial charge >= 0.3 is 5.97 Å². The van der Waals surface area contributed by atoms with Crippen LogP contribution in [0.25, 0.3) is 0 Å². The molecule has 1 aliphatic rings. The van der Waals surface area contributed by atoms with Gasteiger partial charge in [0.25, 0.3) is 5.91 Å². The van der Waals surface area contributed by atoms with E-state index < -0.39 is 12.0 Å². The fourth-order valence-electron chi connectivity index (χ4n) is 2.25. The summed E-state index contributed by atoms with van der Waals surface area (Å²) >= 11 is 1.51. The maximum Gasteiger partial charge on any atom is 0.335 e. The van der Waals surface area contributed by atoms with Gasteiger partial charge in [-0.15, -0.1) is 11.8 Å². The van der Waals surface area contributed by atoms with Crippen LogP contribution in [-0.4, -0.2) is 51.5 Å². The molecule has 124 valence electrons. The van der Waals surface area contributed by atoms with E-state index in [4.69, 9.17) is 5.11 Å². The highest BCUT2D eigenvalue weighted by molar-refractivity contribution is 7.99. The topological polar surface area (TPSA) is 86.7 Å². The summed E-state index contributed by atoms with van der Waals surface area (Å²) in [5, 5.41) is 11.9. The Kier molecular flexibility index (Phi) is 5.65. The summed E-state index contributed by atoms with van der Waals surface area (Å²) in [6.45, 7) is 3.90. The van der Waals surface area contributed by atoms with Crippen molar-refractivity contribution < 1.29 is 19.5 Å².